The van der Waals surface area contributed by atoms with Crippen LogP contribution >= 0.6 is 0 Å². The molecule has 1 N–H and O–H groups in total. The van der Waals surface area contributed by atoms with Crippen LogP contribution in [0.5, 0.6) is 0 Å². The molecule has 0 amide bonds. The smallest absolute Gasteiger partial charge is 0.326 e. The summed E-state index contributed by atoms with van der Waals surface area (Å²) in [4.78, 5) is 11.3. The van der Waals surface area contributed by atoms with E-state index in [0.717, 1.165) is 0 Å². The van der Waals surface area contributed by atoms with Crippen molar-refractivity contribution >= 4 is 5.97 Å². The second kappa shape index (κ2) is 5.55. The number of esters is 1. The van der Waals surface area contributed by atoms with Crippen molar-refractivity contribution in [2.75, 3.05) is 13.2 Å². The number of aliphatic hydroxyl groups excluding tert-OH is 1. The van der Waals surface area contributed by atoms with Crippen LogP contribution < -0.4 is 0 Å². The highest BCUT2D eigenvalue weighted by Gasteiger charge is 2.34. The van der Waals surface area contributed by atoms with E-state index in [1.807, 2.05) is 6.07 Å². The van der Waals surface area contributed by atoms with Gasteiger partial charge in [-0.05, 0) is 26.7 Å². The summed E-state index contributed by atoms with van der Waals surface area (Å²) in [6, 6.07) is 1.91. The molecule has 0 aromatic carbocycles. The molecule has 0 aromatic heterocycles. The summed E-state index contributed by atoms with van der Waals surface area (Å²) in [5.41, 5.74) is -1.11. The summed E-state index contributed by atoms with van der Waals surface area (Å²) in [6.07, 6.45) is 0.766. The Morgan fingerprint density at radius 2 is 2.31 bits per heavy atom. The summed E-state index contributed by atoms with van der Waals surface area (Å²) in [6.45, 7) is 3.48. The molecule has 0 fully saturated rings. The van der Waals surface area contributed by atoms with Crippen LogP contribution in [0.1, 0.15) is 26.7 Å². The van der Waals surface area contributed by atoms with Gasteiger partial charge in [-0.3, -0.25) is 4.79 Å². The van der Waals surface area contributed by atoms with Crippen LogP contribution in [0.15, 0.2) is 0 Å². The molecule has 0 saturated carbocycles. The van der Waals surface area contributed by atoms with E-state index in [-0.39, 0.29) is 13.2 Å². The molecule has 0 aromatic rings. The molecule has 0 saturated heterocycles. The minimum Gasteiger partial charge on any atom is -0.465 e. The minimum absolute atomic E-state index is 0.0172. The predicted molar refractivity (Wildman–Crippen MR) is 46.7 cm³/mol. The SMILES string of the molecule is CCOC(=O)C(C)(C#N)CCCO. The molecule has 0 radical (unpaired) electrons. The molecular weight excluding hydrogens is 170 g/mol. The Balaban J connectivity index is 4.27. The Hall–Kier alpha value is -1.08. The molecule has 74 valence electrons. The zero-order chi connectivity index (χ0) is 10.3. The molecule has 4 nitrogen and oxygen atoms in total. The normalized spacial score (nSPS) is 14.3. The topological polar surface area (TPSA) is 70.3 Å². The van der Waals surface area contributed by atoms with E-state index in [1.54, 1.807) is 6.92 Å². The fraction of sp³-hybridized carbons (Fsp3) is 0.778. The predicted octanol–water partition coefficient (Wildman–Crippen LogP) is 0.852. The fourth-order valence-electron chi connectivity index (χ4n) is 0.927. The molecule has 0 heterocycles. The second-order valence-electron chi connectivity index (χ2n) is 2.99. The molecule has 0 aliphatic rings. The van der Waals surface area contributed by atoms with Gasteiger partial charge >= 0.3 is 5.97 Å². The summed E-state index contributed by atoms with van der Waals surface area (Å²) < 4.78 is 4.75. The summed E-state index contributed by atoms with van der Waals surface area (Å²) in [5.74, 6) is -0.508. The minimum atomic E-state index is -1.11. The molecule has 0 bridgehead atoms. The Kier molecular flexibility index (Phi) is 5.09. The fourth-order valence-corrected chi connectivity index (χ4v) is 0.927. The first-order valence-corrected chi connectivity index (χ1v) is 4.30. The highest BCUT2D eigenvalue weighted by molar-refractivity contribution is 5.79. The number of nitriles is 1. The van der Waals surface area contributed by atoms with E-state index in [4.69, 9.17) is 15.1 Å². The van der Waals surface area contributed by atoms with Gasteiger partial charge in [0.25, 0.3) is 0 Å². The van der Waals surface area contributed by atoms with Crippen molar-refractivity contribution < 1.29 is 14.6 Å². The maximum atomic E-state index is 11.3. The van der Waals surface area contributed by atoms with Gasteiger partial charge in [0.2, 0.25) is 0 Å². The maximum Gasteiger partial charge on any atom is 0.326 e. The van der Waals surface area contributed by atoms with Gasteiger partial charge in [0.15, 0.2) is 5.41 Å². The third-order valence-electron chi connectivity index (χ3n) is 1.81. The third kappa shape index (κ3) is 3.43. The monoisotopic (exact) mass is 185 g/mol. The van der Waals surface area contributed by atoms with Gasteiger partial charge in [-0.25, -0.2) is 0 Å². The quantitative estimate of drug-likeness (QED) is 0.644. The van der Waals surface area contributed by atoms with E-state index in [9.17, 15) is 4.79 Å². The van der Waals surface area contributed by atoms with Gasteiger partial charge in [-0.2, -0.15) is 5.26 Å². The first-order chi connectivity index (χ1) is 6.10. The van der Waals surface area contributed by atoms with Gasteiger partial charge in [0.05, 0.1) is 12.7 Å². The van der Waals surface area contributed by atoms with Crippen LogP contribution in [-0.2, 0) is 9.53 Å². The second-order valence-corrected chi connectivity index (χ2v) is 2.99. The summed E-state index contributed by atoms with van der Waals surface area (Å²) >= 11 is 0. The van der Waals surface area contributed by atoms with Crippen LogP contribution in [0, 0.1) is 16.7 Å². The number of rotatable bonds is 5. The zero-order valence-electron chi connectivity index (χ0n) is 8.04. The average molecular weight is 185 g/mol. The van der Waals surface area contributed by atoms with Crippen molar-refractivity contribution in [1.82, 2.24) is 0 Å². The molecule has 0 aliphatic heterocycles. The van der Waals surface area contributed by atoms with Crippen LogP contribution in [0.25, 0.3) is 0 Å². The average Bonchev–Trinajstić information content (AvgIpc) is 2.14. The lowest BCUT2D eigenvalue weighted by molar-refractivity contribution is -0.151. The van der Waals surface area contributed by atoms with Gasteiger partial charge in [-0.1, -0.05) is 0 Å². The van der Waals surface area contributed by atoms with Crippen molar-refractivity contribution in [2.45, 2.75) is 26.7 Å². The largest absolute Gasteiger partial charge is 0.465 e. The molecule has 1 unspecified atom stereocenters. The van der Waals surface area contributed by atoms with Crippen LogP contribution in [0.3, 0.4) is 0 Å². The number of carbonyl (C=O) groups is 1. The molecule has 1 atom stereocenters. The molecule has 0 rings (SSSR count). The number of hydrogen-bond donors (Lipinski definition) is 1. The lowest BCUT2D eigenvalue weighted by Crippen LogP contribution is -2.28. The number of ether oxygens (including phenoxy) is 1. The highest BCUT2D eigenvalue weighted by Crippen LogP contribution is 2.23. The Morgan fingerprint density at radius 1 is 1.69 bits per heavy atom. The van der Waals surface area contributed by atoms with Crippen molar-refractivity contribution in [3.8, 4) is 6.07 Å². The van der Waals surface area contributed by atoms with E-state index in [2.05, 4.69) is 0 Å². The molecule has 13 heavy (non-hydrogen) atoms. The van der Waals surface area contributed by atoms with Gasteiger partial charge in [0.1, 0.15) is 0 Å². The van der Waals surface area contributed by atoms with Gasteiger partial charge < -0.3 is 9.84 Å². The molecule has 0 aliphatic carbocycles. The standard InChI is InChI=1S/C9H15NO3/c1-3-13-8(12)9(2,7-10)5-4-6-11/h11H,3-6H2,1-2H3. The van der Waals surface area contributed by atoms with E-state index >= 15 is 0 Å². The van der Waals surface area contributed by atoms with Crippen LogP contribution in [0.2, 0.25) is 0 Å². The lowest BCUT2D eigenvalue weighted by atomic mass is 9.87. The first kappa shape index (κ1) is 11.9. The molecule has 4 heteroatoms. The maximum absolute atomic E-state index is 11.3. The lowest BCUT2D eigenvalue weighted by Gasteiger charge is -2.18. The van der Waals surface area contributed by atoms with Crippen molar-refractivity contribution in [2.24, 2.45) is 5.41 Å². The Bertz CT molecular complexity index is 209. The number of aliphatic hydroxyl groups is 1. The van der Waals surface area contributed by atoms with Crippen LogP contribution in [0.4, 0.5) is 0 Å². The summed E-state index contributed by atoms with van der Waals surface area (Å²) in [7, 11) is 0. The zero-order valence-corrected chi connectivity index (χ0v) is 8.04. The van der Waals surface area contributed by atoms with E-state index < -0.39 is 11.4 Å². The number of nitrogens with zero attached hydrogens (tertiary/aromatic N) is 1. The Labute approximate surface area is 78.1 Å². The molecular formula is C9H15NO3. The molecule has 0 spiro atoms. The van der Waals surface area contributed by atoms with Gasteiger partial charge in [-0.15, -0.1) is 0 Å². The van der Waals surface area contributed by atoms with Crippen molar-refractivity contribution in [1.29, 1.82) is 5.26 Å². The highest BCUT2D eigenvalue weighted by atomic mass is 16.5. The Morgan fingerprint density at radius 3 is 2.69 bits per heavy atom. The van der Waals surface area contributed by atoms with Gasteiger partial charge in [0, 0.05) is 6.61 Å². The number of hydrogen-bond acceptors (Lipinski definition) is 4. The van der Waals surface area contributed by atoms with Crippen molar-refractivity contribution in [3.63, 3.8) is 0 Å². The number of carbonyl (C=O) groups excluding carboxylic acids is 1. The van der Waals surface area contributed by atoms with Crippen LogP contribution in [-0.4, -0.2) is 24.3 Å². The van der Waals surface area contributed by atoms with E-state index in [0.29, 0.717) is 12.8 Å². The van der Waals surface area contributed by atoms with Crippen molar-refractivity contribution in [3.05, 3.63) is 0 Å². The first-order valence-electron chi connectivity index (χ1n) is 4.30. The third-order valence-corrected chi connectivity index (χ3v) is 1.81. The van der Waals surface area contributed by atoms with E-state index in [1.165, 1.54) is 6.92 Å². The summed E-state index contributed by atoms with van der Waals surface area (Å²) in [5, 5.41) is 17.4.